The van der Waals surface area contributed by atoms with Crippen LogP contribution in [0.15, 0.2) is 24.4 Å². The van der Waals surface area contributed by atoms with Gasteiger partial charge < -0.3 is 16.0 Å². The van der Waals surface area contributed by atoms with Crippen molar-refractivity contribution in [1.82, 2.24) is 10.3 Å². The normalized spacial score (nSPS) is 13.5. The number of aromatic nitrogens is 1. The Balaban J connectivity index is 0.00000242. The maximum absolute atomic E-state index is 12.1. The molecule has 0 aliphatic carbocycles. The molecule has 2 aromatic rings. The van der Waals surface area contributed by atoms with E-state index in [1.165, 1.54) is 16.5 Å². The van der Waals surface area contributed by atoms with E-state index in [0.29, 0.717) is 13.0 Å². The first-order valence-corrected chi connectivity index (χ1v) is 7.58. The summed E-state index contributed by atoms with van der Waals surface area (Å²) in [7, 11) is 0. The van der Waals surface area contributed by atoms with Crippen LogP contribution in [0.1, 0.15) is 37.8 Å². The number of nitrogens with two attached hydrogens (primary N) is 1. The molecule has 22 heavy (non-hydrogen) atoms. The van der Waals surface area contributed by atoms with Gasteiger partial charge in [0.25, 0.3) is 0 Å². The van der Waals surface area contributed by atoms with Gasteiger partial charge in [-0.2, -0.15) is 0 Å². The fourth-order valence-electron chi connectivity index (χ4n) is 2.79. The summed E-state index contributed by atoms with van der Waals surface area (Å²) in [6.07, 6.45) is 4.43. The van der Waals surface area contributed by atoms with Crippen molar-refractivity contribution >= 4 is 29.2 Å². The molecule has 1 aromatic carbocycles. The Labute approximate surface area is 138 Å². The molecule has 0 bridgehead atoms. The summed E-state index contributed by atoms with van der Waals surface area (Å²) in [5, 5.41) is 4.21. The third-order valence-electron chi connectivity index (χ3n) is 3.96. The first-order valence-electron chi connectivity index (χ1n) is 7.58. The van der Waals surface area contributed by atoms with Gasteiger partial charge in [0.2, 0.25) is 5.91 Å². The van der Waals surface area contributed by atoms with Crippen molar-refractivity contribution in [2.45, 2.75) is 45.6 Å². The van der Waals surface area contributed by atoms with Crippen molar-refractivity contribution in [3.8, 4) is 0 Å². The van der Waals surface area contributed by atoms with Crippen LogP contribution >= 0.6 is 12.4 Å². The fourth-order valence-corrected chi connectivity index (χ4v) is 2.79. The molecule has 0 aliphatic heterocycles. The number of fused-ring (bicyclic) bond motifs is 1. The molecule has 4 nitrogen and oxygen atoms in total. The first-order chi connectivity index (χ1) is 9.95. The van der Waals surface area contributed by atoms with Crippen molar-refractivity contribution < 1.29 is 4.79 Å². The van der Waals surface area contributed by atoms with E-state index in [2.05, 4.69) is 29.4 Å². The maximum atomic E-state index is 12.1. The van der Waals surface area contributed by atoms with Crippen molar-refractivity contribution in [1.29, 1.82) is 0 Å². The van der Waals surface area contributed by atoms with Crippen molar-refractivity contribution in [2.24, 2.45) is 5.73 Å². The number of halogens is 1. The van der Waals surface area contributed by atoms with Gasteiger partial charge in [0.15, 0.2) is 0 Å². The van der Waals surface area contributed by atoms with Gasteiger partial charge in [-0.3, -0.25) is 4.79 Å². The van der Waals surface area contributed by atoms with Crippen LogP contribution in [-0.4, -0.2) is 23.0 Å². The van der Waals surface area contributed by atoms with E-state index in [-0.39, 0.29) is 18.3 Å². The molecule has 1 amide bonds. The van der Waals surface area contributed by atoms with Gasteiger partial charge in [0.1, 0.15) is 0 Å². The molecule has 4 N–H and O–H groups in total. The van der Waals surface area contributed by atoms with Gasteiger partial charge in [-0.1, -0.05) is 25.5 Å². The summed E-state index contributed by atoms with van der Waals surface area (Å²) >= 11 is 0. The minimum atomic E-state index is -0.773. The van der Waals surface area contributed by atoms with Gasteiger partial charge in [-0.15, -0.1) is 12.4 Å². The van der Waals surface area contributed by atoms with Crippen LogP contribution in [0.2, 0.25) is 0 Å². The lowest BCUT2D eigenvalue weighted by atomic mass is 9.96. The quantitative estimate of drug-likeness (QED) is 0.764. The topological polar surface area (TPSA) is 70.9 Å². The van der Waals surface area contributed by atoms with Gasteiger partial charge in [-0.25, -0.2) is 0 Å². The summed E-state index contributed by atoms with van der Waals surface area (Å²) in [6, 6.07) is 6.23. The zero-order valence-electron chi connectivity index (χ0n) is 13.5. The van der Waals surface area contributed by atoms with Crippen LogP contribution in [0, 0.1) is 6.92 Å². The number of carbonyl (C=O) groups excluding carboxylic acids is 1. The van der Waals surface area contributed by atoms with E-state index in [1.807, 2.05) is 19.2 Å². The van der Waals surface area contributed by atoms with Crippen molar-refractivity contribution in [2.75, 3.05) is 6.54 Å². The lowest BCUT2D eigenvalue weighted by molar-refractivity contribution is -0.126. The number of rotatable bonds is 6. The molecule has 1 aromatic heterocycles. The van der Waals surface area contributed by atoms with E-state index in [1.54, 1.807) is 6.92 Å². The Kier molecular flexibility index (Phi) is 6.45. The summed E-state index contributed by atoms with van der Waals surface area (Å²) in [5.74, 6) is -0.0686. The smallest absolute Gasteiger partial charge is 0.239 e. The largest absolute Gasteiger partial charge is 0.361 e. The zero-order chi connectivity index (χ0) is 15.5. The number of benzene rings is 1. The number of aryl methyl sites for hydroxylation is 1. The monoisotopic (exact) mass is 323 g/mol. The molecule has 1 unspecified atom stereocenters. The van der Waals surface area contributed by atoms with Gasteiger partial charge >= 0.3 is 0 Å². The van der Waals surface area contributed by atoms with Crippen molar-refractivity contribution in [3.05, 3.63) is 35.5 Å². The second-order valence-electron chi connectivity index (χ2n) is 5.98. The summed E-state index contributed by atoms with van der Waals surface area (Å²) < 4.78 is 0. The van der Waals surface area contributed by atoms with Crippen LogP contribution < -0.4 is 11.1 Å². The standard InChI is InChI=1S/C17H25N3O.ClH/c1-4-9-17(3,18)16(21)19-10-8-13-11-20-14-7-5-6-12(2)15(13)14;/h5-7,11,20H,4,8-10,18H2,1-3H3,(H,19,21);1H. The van der Waals surface area contributed by atoms with Gasteiger partial charge in [0, 0.05) is 23.6 Å². The molecule has 0 saturated heterocycles. The van der Waals surface area contributed by atoms with E-state index in [4.69, 9.17) is 5.73 Å². The number of amides is 1. The number of carbonyl (C=O) groups is 1. The highest BCUT2D eigenvalue weighted by Crippen LogP contribution is 2.22. The third-order valence-corrected chi connectivity index (χ3v) is 3.96. The van der Waals surface area contributed by atoms with Crippen LogP contribution in [0.4, 0.5) is 0 Å². The SMILES string of the molecule is CCCC(C)(N)C(=O)NCCc1c[nH]c2cccc(C)c12.Cl. The zero-order valence-corrected chi connectivity index (χ0v) is 14.3. The summed E-state index contributed by atoms with van der Waals surface area (Å²) in [6.45, 7) is 6.54. The second kappa shape index (κ2) is 7.65. The fraction of sp³-hybridized carbons (Fsp3) is 0.471. The average molecular weight is 324 g/mol. The Hall–Kier alpha value is -1.52. The molecule has 1 atom stereocenters. The predicted octanol–water partition coefficient (Wildman–Crippen LogP) is 3.07. The number of H-pyrrole nitrogens is 1. The third kappa shape index (κ3) is 4.02. The molecule has 0 saturated carbocycles. The Morgan fingerprint density at radius 2 is 2.14 bits per heavy atom. The predicted molar refractivity (Wildman–Crippen MR) is 94.5 cm³/mol. The molecule has 0 radical (unpaired) electrons. The molecule has 0 spiro atoms. The maximum Gasteiger partial charge on any atom is 0.239 e. The molecule has 1 heterocycles. The van der Waals surface area contributed by atoms with E-state index in [0.717, 1.165) is 18.4 Å². The van der Waals surface area contributed by atoms with E-state index < -0.39 is 5.54 Å². The van der Waals surface area contributed by atoms with Crippen LogP contribution in [0.25, 0.3) is 10.9 Å². The lowest BCUT2D eigenvalue weighted by Gasteiger charge is -2.22. The Morgan fingerprint density at radius 3 is 2.82 bits per heavy atom. The molecule has 2 rings (SSSR count). The highest BCUT2D eigenvalue weighted by Gasteiger charge is 2.26. The average Bonchev–Trinajstić information content (AvgIpc) is 2.83. The highest BCUT2D eigenvalue weighted by atomic mass is 35.5. The molecular formula is C17H26ClN3O. The number of hydrogen-bond acceptors (Lipinski definition) is 2. The summed E-state index contributed by atoms with van der Waals surface area (Å²) in [5.41, 5.74) is 8.89. The first kappa shape index (κ1) is 18.5. The lowest BCUT2D eigenvalue weighted by Crippen LogP contribution is -2.51. The number of hydrogen-bond donors (Lipinski definition) is 3. The minimum Gasteiger partial charge on any atom is -0.361 e. The number of aromatic amines is 1. The minimum absolute atomic E-state index is 0. The van der Waals surface area contributed by atoms with Gasteiger partial charge in [-0.05, 0) is 43.9 Å². The molecule has 0 aliphatic rings. The Morgan fingerprint density at radius 1 is 1.41 bits per heavy atom. The second-order valence-corrected chi connectivity index (χ2v) is 5.98. The van der Waals surface area contributed by atoms with Gasteiger partial charge in [0.05, 0.1) is 5.54 Å². The van der Waals surface area contributed by atoms with Crippen LogP contribution in [-0.2, 0) is 11.2 Å². The summed E-state index contributed by atoms with van der Waals surface area (Å²) in [4.78, 5) is 15.4. The van der Waals surface area contributed by atoms with Crippen molar-refractivity contribution in [3.63, 3.8) is 0 Å². The van der Waals surface area contributed by atoms with E-state index in [9.17, 15) is 4.79 Å². The van der Waals surface area contributed by atoms with Crippen LogP contribution in [0.5, 0.6) is 0 Å². The Bertz CT molecular complexity index is 634. The molecular weight excluding hydrogens is 298 g/mol. The number of nitrogens with one attached hydrogen (secondary N) is 2. The molecule has 0 fully saturated rings. The van der Waals surface area contributed by atoms with Crippen LogP contribution in [0.3, 0.4) is 0 Å². The molecule has 5 heteroatoms. The van der Waals surface area contributed by atoms with E-state index >= 15 is 0 Å². The molecule has 122 valence electrons. The highest BCUT2D eigenvalue weighted by molar-refractivity contribution is 5.87.